The summed E-state index contributed by atoms with van der Waals surface area (Å²) in [4.78, 5) is 22.3. The Balaban J connectivity index is 1.65. The molecular formula is C22H20FN3O6S. The van der Waals surface area contributed by atoms with E-state index >= 15 is 0 Å². The van der Waals surface area contributed by atoms with E-state index in [-0.39, 0.29) is 30.1 Å². The molecule has 0 bridgehead atoms. The second-order valence-electron chi connectivity index (χ2n) is 7.00. The van der Waals surface area contributed by atoms with Gasteiger partial charge in [-0.05, 0) is 36.4 Å². The largest absolute Gasteiger partial charge is 0.484 e. The minimum absolute atomic E-state index is 0.157. The van der Waals surface area contributed by atoms with Gasteiger partial charge in [-0.3, -0.25) is 19.2 Å². The van der Waals surface area contributed by atoms with Gasteiger partial charge in [0.25, 0.3) is 11.6 Å². The van der Waals surface area contributed by atoms with Crippen LogP contribution in [0.15, 0.2) is 72.8 Å². The molecule has 0 saturated carbocycles. The number of carbonyl (C=O) groups excluding carboxylic acids is 1. The van der Waals surface area contributed by atoms with E-state index in [4.69, 9.17) is 4.74 Å². The maximum atomic E-state index is 14.0. The number of non-ortho nitro benzene ring substituents is 1. The van der Waals surface area contributed by atoms with E-state index in [0.29, 0.717) is 11.4 Å². The van der Waals surface area contributed by atoms with E-state index in [9.17, 15) is 27.7 Å². The van der Waals surface area contributed by atoms with Gasteiger partial charge in [0.05, 0.1) is 23.4 Å². The van der Waals surface area contributed by atoms with Crippen molar-refractivity contribution in [3.05, 3.63) is 94.3 Å². The molecule has 3 rings (SSSR count). The fourth-order valence-electron chi connectivity index (χ4n) is 2.93. The summed E-state index contributed by atoms with van der Waals surface area (Å²) in [7, 11) is -3.70. The van der Waals surface area contributed by atoms with Crippen molar-refractivity contribution in [2.24, 2.45) is 0 Å². The quantitative estimate of drug-likeness (QED) is 0.374. The van der Waals surface area contributed by atoms with Crippen molar-refractivity contribution in [1.29, 1.82) is 0 Å². The van der Waals surface area contributed by atoms with Crippen molar-refractivity contribution in [3.63, 3.8) is 0 Å². The molecule has 0 unspecified atom stereocenters. The number of hydrogen-bond donors (Lipinski definition) is 1. The van der Waals surface area contributed by atoms with Crippen LogP contribution in [-0.4, -0.2) is 32.1 Å². The first-order chi connectivity index (χ1) is 15.6. The van der Waals surface area contributed by atoms with E-state index in [1.165, 1.54) is 66.7 Å². The van der Waals surface area contributed by atoms with Crippen LogP contribution in [0.4, 0.5) is 21.5 Å². The Morgan fingerprint density at radius 3 is 2.42 bits per heavy atom. The van der Waals surface area contributed by atoms with Gasteiger partial charge in [0.2, 0.25) is 10.0 Å². The number of rotatable bonds is 9. The lowest BCUT2D eigenvalue weighted by atomic mass is 10.2. The number of halogens is 1. The fraction of sp³-hybridized carbons (Fsp3) is 0.136. The zero-order valence-electron chi connectivity index (χ0n) is 17.5. The fourth-order valence-corrected chi connectivity index (χ4v) is 3.81. The Labute approximate surface area is 189 Å². The van der Waals surface area contributed by atoms with Crippen LogP contribution >= 0.6 is 0 Å². The van der Waals surface area contributed by atoms with Crippen molar-refractivity contribution >= 4 is 33.0 Å². The molecule has 1 amide bonds. The molecule has 172 valence electrons. The first-order valence-corrected chi connectivity index (χ1v) is 11.5. The molecule has 0 saturated heterocycles. The minimum Gasteiger partial charge on any atom is -0.484 e. The highest BCUT2D eigenvalue weighted by molar-refractivity contribution is 7.92. The van der Waals surface area contributed by atoms with E-state index in [0.717, 1.165) is 10.6 Å². The number of nitro groups is 1. The molecule has 0 fully saturated rings. The van der Waals surface area contributed by atoms with Gasteiger partial charge in [-0.2, -0.15) is 0 Å². The summed E-state index contributed by atoms with van der Waals surface area (Å²) in [6.45, 7) is -0.551. The van der Waals surface area contributed by atoms with Crippen LogP contribution in [0.2, 0.25) is 0 Å². The average molecular weight is 473 g/mol. The Bertz CT molecular complexity index is 1270. The van der Waals surface area contributed by atoms with Crippen molar-refractivity contribution in [1.82, 2.24) is 0 Å². The summed E-state index contributed by atoms with van der Waals surface area (Å²) in [6.07, 6.45) is 1.02. The smallest absolute Gasteiger partial charge is 0.271 e. The number of carbonyl (C=O) groups is 1. The van der Waals surface area contributed by atoms with Crippen molar-refractivity contribution in [3.8, 4) is 5.75 Å². The van der Waals surface area contributed by atoms with E-state index in [1.54, 1.807) is 6.07 Å². The van der Waals surface area contributed by atoms with Crippen LogP contribution in [0.5, 0.6) is 5.75 Å². The Kier molecular flexibility index (Phi) is 7.23. The summed E-state index contributed by atoms with van der Waals surface area (Å²) >= 11 is 0. The van der Waals surface area contributed by atoms with Crippen molar-refractivity contribution in [2.75, 3.05) is 22.5 Å². The lowest BCUT2D eigenvalue weighted by molar-refractivity contribution is -0.384. The molecule has 3 aromatic rings. The summed E-state index contributed by atoms with van der Waals surface area (Å²) in [5.41, 5.74) is 0.621. The van der Waals surface area contributed by atoms with Crippen LogP contribution in [0.3, 0.4) is 0 Å². The van der Waals surface area contributed by atoms with Gasteiger partial charge in [0.1, 0.15) is 11.6 Å². The van der Waals surface area contributed by atoms with Crippen molar-refractivity contribution in [2.45, 2.75) is 6.54 Å². The van der Waals surface area contributed by atoms with Crippen LogP contribution in [-0.2, 0) is 21.4 Å². The van der Waals surface area contributed by atoms with Gasteiger partial charge < -0.3 is 10.1 Å². The molecule has 0 aliphatic rings. The van der Waals surface area contributed by atoms with Gasteiger partial charge >= 0.3 is 0 Å². The highest BCUT2D eigenvalue weighted by Crippen LogP contribution is 2.24. The summed E-state index contributed by atoms with van der Waals surface area (Å²) in [5, 5.41) is 13.3. The topological polar surface area (TPSA) is 119 Å². The van der Waals surface area contributed by atoms with Crippen LogP contribution in [0.25, 0.3) is 0 Å². The second-order valence-corrected chi connectivity index (χ2v) is 8.91. The van der Waals surface area contributed by atoms with Gasteiger partial charge in [0, 0.05) is 23.4 Å². The zero-order chi connectivity index (χ0) is 24.0. The molecule has 0 aliphatic carbocycles. The standard InChI is InChI=1S/C22H20FN3O6S/c1-33(30,31)25(14-16-5-2-3-8-21(16)23)18-9-11-20(12-10-18)32-15-22(27)24-17-6-4-7-19(13-17)26(28)29/h2-13H,14-15H2,1H3,(H,24,27). The van der Waals surface area contributed by atoms with Gasteiger partial charge in [-0.15, -0.1) is 0 Å². The predicted octanol–water partition coefficient (Wildman–Crippen LogP) is 3.72. The first-order valence-electron chi connectivity index (χ1n) is 9.62. The van der Waals surface area contributed by atoms with Gasteiger partial charge in [-0.25, -0.2) is 12.8 Å². The summed E-state index contributed by atoms with van der Waals surface area (Å²) in [6, 6.07) is 17.3. The first kappa shape index (κ1) is 23.7. The van der Waals surface area contributed by atoms with Crippen LogP contribution in [0, 0.1) is 15.9 Å². The number of amides is 1. The van der Waals surface area contributed by atoms with E-state index in [1.807, 2.05) is 0 Å². The molecule has 0 aromatic heterocycles. The van der Waals surface area contributed by atoms with Gasteiger partial charge in [0.15, 0.2) is 6.61 Å². The zero-order valence-corrected chi connectivity index (χ0v) is 18.3. The van der Waals surface area contributed by atoms with E-state index in [2.05, 4.69) is 5.32 Å². The molecule has 0 radical (unpaired) electrons. The Morgan fingerprint density at radius 1 is 1.09 bits per heavy atom. The molecule has 0 aliphatic heterocycles. The van der Waals surface area contributed by atoms with Crippen LogP contribution < -0.4 is 14.4 Å². The lowest BCUT2D eigenvalue weighted by Crippen LogP contribution is -2.29. The molecule has 0 spiro atoms. The maximum absolute atomic E-state index is 14.0. The number of benzene rings is 3. The monoisotopic (exact) mass is 473 g/mol. The maximum Gasteiger partial charge on any atom is 0.271 e. The molecule has 33 heavy (non-hydrogen) atoms. The number of nitro benzene ring substituents is 1. The molecule has 1 N–H and O–H groups in total. The summed E-state index contributed by atoms with van der Waals surface area (Å²) in [5.74, 6) is -0.745. The lowest BCUT2D eigenvalue weighted by Gasteiger charge is -2.23. The number of sulfonamides is 1. The molecule has 3 aromatic carbocycles. The normalized spacial score (nSPS) is 11.0. The third-order valence-corrected chi connectivity index (χ3v) is 5.65. The SMILES string of the molecule is CS(=O)(=O)N(Cc1ccccc1F)c1ccc(OCC(=O)Nc2cccc([N+](=O)[O-])c2)cc1. The second kappa shape index (κ2) is 10.1. The summed E-state index contributed by atoms with van der Waals surface area (Å²) < 4.78 is 45.0. The molecule has 0 heterocycles. The third-order valence-electron chi connectivity index (χ3n) is 4.51. The van der Waals surface area contributed by atoms with E-state index < -0.39 is 26.7 Å². The molecular weight excluding hydrogens is 453 g/mol. The number of anilines is 2. The number of hydrogen-bond acceptors (Lipinski definition) is 6. The third kappa shape index (κ3) is 6.50. The highest BCUT2D eigenvalue weighted by Gasteiger charge is 2.19. The number of nitrogens with zero attached hydrogens (tertiary/aromatic N) is 2. The molecule has 9 nitrogen and oxygen atoms in total. The Hall–Kier alpha value is -3.99. The molecule has 0 atom stereocenters. The number of nitrogens with one attached hydrogen (secondary N) is 1. The predicted molar refractivity (Wildman–Crippen MR) is 121 cm³/mol. The number of ether oxygens (including phenoxy) is 1. The van der Waals surface area contributed by atoms with Gasteiger partial charge in [-0.1, -0.05) is 24.3 Å². The highest BCUT2D eigenvalue weighted by atomic mass is 32.2. The average Bonchev–Trinajstić information content (AvgIpc) is 2.77. The van der Waals surface area contributed by atoms with Crippen LogP contribution in [0.1, 0.15) is 5.56 Å². The Morgan fingerprint density at radius 2 is 1.79 bits per heavy atom. The molecule has 11 heteroatoms. The van der Waals surface area contributed by atoms with Crippen molar-refractivity contribution < 1.29 is 27.3 Å². The minimum atomic E-state index is -3.70.